The van der Waals surface area contributed by atoms with Crippen LogP contribution in [0.4, 0.5) is 22.0 Å². The van der Waals surface area contributed by atoms with Crippen LogP contribution < -0.4 is 5.32 Å². The van der Waals surface area contributed by atoms with Crippen LogP contribution in [0, 0.1) is 29.1 Å². The lowest BCUT2D eigenvalue weighted by Gasteiger charge is -2.10. The highest BCUT2D eigenvalue weighted by Crippen LogP contribution is 2.22. The summed E-state index contributed by atoms with van der Waals surface area (Å²) < 4.78 is 65.3. The molecule has 0 bridgehead atoms. The van der Waals surface area contributed by atoms with Crippen LogP contribution in [0.1, 0.15) is 30.1 Å². The number of amides is 1. The molecule has 0 heterocycles. The fourth-order valence-corrected chi connectivity index (χ4v) is 1.67. The van der Waals surface area contributed by atoms with E-state index in [1.165, 1.54) is 0 Å². The predicted molar refractivity (Wildman–Crippen MR) is 66.2 cm³/mol. The van der Waals surface area contributed by atoms with Crippen molar-refractivity contribution in [3.63, 3.8) is 0 Å². The molecule has 20 heavy (non-hydrogen) atoms. The summed E-state index contributed by atoms with van der Waals surface area (Å²) in [6.07, 6.45) is 1.22. The van der Waals surface area contributed by atoms with Crippen molar-refractivity contribution in [2.45, 2.75) is 24.6 Å². The van der Waals surface area contributed by atoms with Gasteiger partial charge in [-0.3, -0.25) is 4.79 Å². The van der Waals surface area contributed by atoms with Gasteiger partial charge in [-0.2, -0.15) is 0 Å². The van der Waals surface area contributed by atoms with Gasteiger partial charge in [0.05, 0.1) is 0 Å². The van der Waals surface area contributed by atoms with Crippen molar-refractivity contribution >= 4 is 21.8 Å². The molecule has 112 valence electrons. The molecule has 1 aromatic rings. The number of rotatable bonds is 5. The SMILES string of the molecule is CCC(Br)CCNC(=O)c1c(F)c(F)c(F)c(F)c1F. The molecule has 0 aliphatic heterocycles. The normalized spacial score (nSPS) is 12.3. The summed E-state index contributed by atoms with van der Waals surface area (Å²) in [6.45, 7) is 1.92. The van der Waals surface area contributed by atoms with Crippen LogP contribution >= 0.6 is 15.9 Å². The third-order valence-electron chi connectivity index (χ3n) is 2.62. The van der Waals surface area contributed by atoms with E-state index in [4.69, 9.17) is 0 Å². The van der Waals surface area contributed by atoms with Crippen molar-refractivity contribution in [3.05, 3.63) is 34.6 Å². The molecule has 0 saturated carbocycles. The Balaban J connectivity index is 2.94. The predicted octanol–water partition coefficient (Wildman–Crippen LogP) is 3.68. The molecule has 0 aromatic heterocycles. The van der Waals surface area contributed by atoms with Gasteiger partial charge in [-0.05, 0) is 12.8 Å². The maximum atomic E-state index is 13.3. The summed E-state index contributed by atoms with van der Waals surface area (Å²) in [4.78, 5) is 11.6. The summed E-state index contributed by atoms with van der Waals surface area (Å²) in [6, 6.07) is 0. The molecule has 1 atom stereocenters. The molecule has 1 rings (SSSR count). The minimum atomic E-state index is -2.29. The lowest BCUT2D eigenvalue weighted by atomic mass is 10.1. The lowest BCUT2D eigenvalue weighted by Crippen LogP contribution is -2.29. The van der Waals surface area contributed by atoms with E-state index in [1.54, 1.807) is 0 Å². The first-order valence-electron chi connectivity index (χ1n) is 5.74. The standard InChI is InChI=1S/C12H11BrF5NO/c1-2-5(13)3-4-19-12(20)6-7(14)9(16)11(18)10(17)8(6)15/h5H,2-4H2,1H3,(H,19,20). The van der Waals surface area contributed by atoms with Crippen molar-refractivity contribution in [3.8, 4) is 0 Å². The number of hydrogen-bond donors (Lipinski definition) is 1. The number of alkyl halides is 1. The molecule has 1 unspecified atom stereocenters. The van der Waals surface area contributed by atoms with Crippen molar-refractivity contribution in [1.29, 1.82) is 0 Å². The van der Waals surface area contributed by atoms with Crippen molar-refractivity contribution in [2.24, 2.45) is 0 Å². The summed E-state index contributed by atoms with van der Waals surface area (Å²) >= 11 is 3.28. The third-order valence-corrected chi connectivity index (χ3v) is 3.73. The quantitative estimate of drug-likeness (QED) is 0.369. The van der Waals surface area contributed by atoms with Crippen LogP contribution in [0.15, 0.2) is 0 Å². The van der Waals surface area contributed by atoms with Crippen molar-refractivity contribution in [1.82, 2.24) is 5.32 Å². The van der Waals surface area contributed by atoms with Gasteiger partial charge in [-0.1, -0.05) is 22.9 Å². The zero-order valence-electron chi connectivity index (χ0n) is 10.4. The Morgan fingerprint density at radius 1 is 1.05 bits per heavy atom. The van der Waals surface area contributed by atoms with Gasteiger partial charge in [-0.25, -0.2) is 22.0 Å². The summed E-state index contributed by atoms with van der Waals surface area (Å²) in [5.74, 6) is -12.2. The number of nitrogens with one attached hydrogen (secondary N) is 1. The van der Waals surface area contributed by atoms with Gasteiger partial charge in [0.25, 0.3) is 5.91 Å². The number of halogens is 6. The number of benzene rings is 1. The van der Waals surface area contributed by atoms with Gasteiger partial charge in [-0.15, -0.1) is 0 Å². The fourth-order valence-electron chi connectivity index (χ4n) is 1.44. The summed E-state index contributed by atoms with van der Waals surface area (Å²) in [7, 11) is 0. The molecular weight excluding hydrogens is 349 g/mol. The second kappa shape index (κ2) is 7.01. The minimum Gasteiger partial charge on any atom is -0.352 e. The van der Waals surface area contributed by atoms with Gasteiger partial charge in [0.1, 0.15) is 5.56 Å². The van der Waals surface area contributed by atoms with Crippen LogP contribution in [0.3, 0.4) is 0 Å². The summed E-state index contributed by atoms with van der Waals surface area (Å²) in [5.41, 5.74) is -1.47. The Labute approximate surface area is 120 Å². The van der Waals surface area contributed by atoms with E-state index in [2.05, 4.69) is 21.2 Å². The maximum Gasteiger partial charge on any atom is 0.257 e. The lowest BCUT2D eigenvalue weighted by molar-refractivity contribution is 0.0941. The smallest absolute Gasteiger partial charge is 0.257 e. The van der Waals surface area contributed by atoms with E-state index in [1.807, 2.05) is 6.92 Å². The second-order valence-electron chi connectivity index (χ2n) is 4.00. The minimum absolute atomic E-state index is 0.0437. The highest BCUT2D eigenvalue weighted by Gasteiger charge is 2.29. The molecule has 8 heteroatoms. The molecule has 1 amide bonds. The van der Waals surface area contributed by atoms with Crippen molar-refractivity contribution in [2.75, 3.05) is 6.54 Å². The van der Waals surface area contributed by atoms with E-state index < -0.39 is 40.6 Å². The van der Waals surface area contributed by atoms with Gasteiger partial charge in [0.15, 0.2) is 23.3 Å². The van der Waals surface area contributed by atoms with Crippen LogP contribution in [0.25, 0.3) is 0 Å². The second-order valence-corrected chi connectivity index (χ2v) is 5.29. The molecule has 0 radical (unpaired) electrons. The zero-order valence-corrected chi connectivity index (χ0v) is 12.0. The molecule has 0 aliphatic rings. The maximum absolute atomic E-state index is 13.3. The van der Waals surface area contributed by atoms with E-state index >= 15 is 0 Å². The van der Waals surface area contributed by atoms with E-state index in [0.717, 1.165) is 6.42 Å². The Morgan fingerprint density at radius 2 is 1.50 bits per heavy atom. The molecule has 0 spiro atoms. The number of carbonyl (C=O) groups is 1. The highest BCUT2D eigenvalue weighted by molar-refractivity contribution is 9.09. The molecular formula is C12H11BrF5NO. The molecule has 0 fully saturated rings. The zero-order chi connectivity index (χ0) is 15.4. The molecule has 2 nitrogen and oxygen atoms in total. The first-order chi connectivity index (χ1) is 9.31. The molecule has 1 aromatic carbocycles. The third kappa shape index (κ3) is 3.47. The summed E-state index contributed by atoms with van der Waals surface area (Å²) in [5, 5.41) is 2.12. The van der Waals surface area contributed by atoms with Gasteiger partial charge in [0.2, 0.25) is 5.82 Å². The van der Waals surface area contributed by atoms with Gasteiger partial charge < -0.3 is 5.32 Å². The van der Waals surface area contributed by atoms with Crippen LogP contribution in [0.5, 0.6) is 0 Å². The largest absolute Gasteiger partial charge is 0.352 e. The average Bonchev–Trinajstić information content (AvgIpc) is 2.43. The average molecular weight is 360 g/mol. The Morgan fingerprint density at radius 3 is 1.95 bits per heavy atom. The van der Waals surface area contributed by atoms with E-state index in [9.17, 15) is 26.7 Å². The number of hydrogen-bond acceptors (Lipinski definition) is 1. The van der Waals surface area contributed by atoms with E-state index in [-0.39, 0.29) is 11.4 Å². The Kier molecular flexibility index (Phi) is 5.91. The van der Waals surface area contributed by atoms with Gasteiger partial charge >= 0.3 is 0 Å². The Bertz CT molecular complexity index is 494. The first-order valence-corrected chi connectivity index (χ1v) is 6.66. The topological polar surface area (TPSA) is 29.1 Å². The van der Waals surface area contributed by atoms with Crippen LogP contribution in [-0.2, 0) is 0 Å². The van der Waals surface area contributed by atoms with Gasteiger partial charge in [0, 0.05) is 11.4 Å². The monoisotopic (exact) mass is 359 g/mol. The van der Waals surface area contributed by atoms with Crippen LogP contribution in [0.2, 0.25) is 0 Å². The highest BCUT2D eigenvalue weighted by atomic mass is 79.9. The van der Waals surface area contributed by atoms with Crippen LogP contribution in [-0.4, -0.2) is 17.3 Å². The van der Waals surface area contributed by atoms with Crippen molar-refractivity contribution < 1.29 is 26.7 Å². The molecule has 0 saturated heterocycles. The molecule has 0 aliphatic carbocycles. The first kappa shape index (κ1) is 16.9. The Hall–Kier alpha value is -1.18. The number of carbonyl (C=O) groups excluding carboxylic acids is 1. The fraction of sp³-hybridized carbons (Fsp3) is 0.417. The molecule has 1 N–H and O–H groups in total. The van der Waals surface area contributed by atoms with E-state index in [0.29, 0.717) is 6.42 Å².